The Bertz CT molecular complexity index is 347. The second-order valence-corrected chi connectivity index (χ2v) is 4.20. The number of nitrogens with two attached hydrogens (primary N) is 1. The molecule has 0 radical (unpaired) electrons. The van der Waals surface area contributed by atoms with Crippen LogP contribution in [-0.2, 0) is 16.0 Å². The van der Waals surface area contributed by atoms with Gasteiger partial charge in [0.15, 0.2) is 0 Å². The van der Waals surface area contributed by atoms with Gasteiger partial charge in [-0.3, -0.25) is 0 Å². The molecular weight excluding hydrogens is 254 g/mol. The van der Waals surface area contributed by atoms with Crippen LogP contribution in [0.2, 0.25) is 5.02 Å². The van der Waals surface area contributed by atoms with Gasteiger partial charge in [-0.15, -0.1) is 0 Å². The lowest BCUT2D eigenvalue weighted by molar-refractivity contribution is 0.0644. The molecule has 0 spiro atoms. The van der Waals surface area contributed by atoms with E-state index in [1.165, 1.54) is 0 Å². The second kappa shape index (κ2) is 9.16. The molecule has 4 nitrogen and oxygen atoms in total. The highest BCUT2D eigenvalue weighted by molar-refractivity contribution is 6.30. The Labute approximate surface area is 113 Å². The van der Waals surface area contributed by atoms with Crippen LogP contribution in [0.5, 0.6) is 5.75 Å². The molecule has 1 aromatic carbocycles. The number of methoxy groups -OCH3 is 1. The van der Waals surface area contributed by atoms with Crippen molar-refractivity contribution in [2.75, 3.05) is 33.5 Å². The Balaban J connectivity index is 2.22. The van der Waals surface area contributed by atoms with Gasteiger partial charge in [0.2, 0.25) is 0 Å². The largest absolute Gasteiger partial charge is 0.493 e. The molecule has 0 fully saturated rings. The first-order valence-corrected chi connectivity index (χ1v) is 6.33. The fourth-order valence-corrected chi connectivity index (χ4v) is 1.63. The van der Waals surface area contributed by atoms with Gasteiger partial charge < -0.3 is 19.9 Å². The van der Waals surface area contributed by atoms with Crippen molar-refractivity contribution in [3.8, 4) is 5.75 Å². The van der Waals surface area contributed by atoms with E-state index in [2.05, 4.69) is 0 Å². The quantitative estimate of drug-likeness (QED) is 0.701. The Hall–Kier alpha value is -0.810. The maximum Gasteiger partial charge on any atom is 0.123 e. The summed E-state index contributed by atoms with van der Waals surface area (Å²) in [6.45, 7) is 2.91. The molecule has 0 atom stereocenters. The van der Waals surface area contributed by atoms with Crippen LogP contribution in [0.1, 0.15) is 12.0 Å². The second-order valence-electron chi connectivity index (χ2n) is 3.76. The molecule has 5 heteroatoms. The van der Waals surface area contributed by atoms with Crippen molar-refractivity contribution in [3.63, 3.8) is 0 Å². The number of halogens is 1. The first-order valence-electron chi connectivity index (χ1n) is 5.96. The van der Waals surface area contributed by atoms with E-state index >= 15 is 0 Å². The minimum atomic E-state index is 0.417. The summed E-state index contributed by atoms with van der Waals surface area (Å²) in [6, 6.07) is 5.47. The SMILES string of the molecule is COCCOCCCOc1ccc(Cl)cc1CN. The van der Waals surface area contributed by atoms with Crippen LogP contribution in [0, 0.1) is 0 Å². The van der Waals surface area contributed by atoms with Crippen molar-refractivity contribution in [3.05, 3.63) is 28.8 Å². The third kappa shape index (κ3) is 5.69. The fourth-order valence-electron chi connectivity index (χ4n) is 1.44. The van der Waals surface area contributed by atoms with Gasteiger partial charge in [0.25, 0.3) is 0 Å². The number of hydrogen-bond acceptors (Lipinski definition) is 4. The van der Waals surface area contributed by atoms with Crippen LogP contribution in [-0.4, -0.2) is 33.5 Å². The average Bonchev–Trinajstić information content (AvgIpc) is 2.39. The fraction of sp³-hybridized carbons (Fsp3) is 0.538. The van der Waals surface area contributed by atoms with Crippen molar-refractivity contribution in [2.45, 2.75) is 13.0 Å². The normalized spacial score (nSPS) is 10.6. The molecule has 0 unspecified atom stereocenters. The molecule has 0 aliphatic heterocycles. The van der Waals surface area contributed by atoms with Gasteiger partial charge in [-0.2, -0.15) is 0 Å². The number of ether oxygens (including phenoxy) is 3. The van der Waals surface area contributed by atoms with E-state index in [1.807, 2.05) is 12.1 Å². The summed E-state index contributed by atoms with van der Waals surface area (Å²) in [5.41, 5.74) is 6.55. The Morgan fingerprint density at radius 3 is 2.72 bits per heavy atom. The van der Waals surface area contributed by atoms with E-state index in [1.54, 1.807) is 13.2 Å². The summed E-state index contributed by atoms with van der Waals surface area (Å²) in [6.07, 6.45) is 0.830. The standard InChI is InChI=1S/C13H20ClNO3/c1-16-7-8-17-5-2-6-18-13-4-3-12(14)9-11(13)10-15/h3-4,9H,2,5-8,10,15H2,1H3. The van der Waals surface area contributed by atoms with Gasteiger partial charge >= 0.3 is 0 Å². The third-order valence-electron chi connectivity index (χ3n) is 2.36. The molecule has 0 bridgehead atoms. The van der Waals surface area contributed by atoms with E-state index in [-0.39, 0.29) is 0 Å². The summed E-state index contributed by atoms with van der Waals surface area (Å²) >= 11 is 5.88. The average molecular weight is 274 g/mol. The van der Waals surface area contributed by atoms with Crippen LogP contribution < -0.4 is 10.5 Å². The minimum absolute atomic E-state index is 0.417. The molecule has 0 heterocycles. The number of benzene rings is 1. The molecule has 0 aliphatic rings. The molecule has 18 heavy (non-hydrogen) atoms. The van der Waals surface area contributed by atoms with E-state index in [0.29, 0.717) is 38.0 Å². The maximum absolute atomic E-state index is 5.88. The van der Waals surface area contributed by atoms with E-state index in [0.717, 1.165) is 17.7 Å². The number of rotatable bonds is 9. The summed E-state index contributed by atoms with van der Waals surface area (Å²) < 4.78 is 15.9. The summed E-state index contributed by atoms with van der Waals surface area (Å²) in [4.78, 5) is 0. The highest BCUT2D eigenvalue weighted by Gasteiger charge is 2.02. The highest BCUT2D eigenvalue weighted by atomic mass is 35.5. The molecule has 0 saturated carbocycles. The lowest BCUT2D eigenvalue weighted by Crippen LogP contribution is -2.08. The summed E-state index contributed by atoms with van der Waals surface area (Å²) in [7, 11) is 1.65. The zero-order chi connectivity index (χ0) is 13.2. The van der Waals surface area contributed by atoms with Crippen molar-refractivity contribution in [2.24, 2.45) is 5.73 Å². The summed E-state index contributed by atoms with van der Waals surface area (Å²) in [5.74, 6) is 0.791. The Kier molecular flexibility index (Phi) is 7.76. The molecule has 0 aromatic heterocycles. The highest BCUT2D eigenvalue weighted by Crippen LogP contribution is 2.22. The molecule has 2 N–H and O–H groups in total. The molecule has 0 aliphatic carbocycles. The summed E-state index contributed by atoms with van der Waals surface area (Å²) in [5, 5.41) is 0.672. The van der Waals surface area contributed by atoms with E-state index < -0.39 is 0 Å². The van der Waals surface area contributed by atoms with Gasteiger partial charge in [0, 0.05) is 37.3 Å². The van der Waals surface area contributed by atoms with E-state index in [4.69, 9.17) is 31.5 Å². The van der Waals surface area contributed by atoms with Crippen molar-refractivity contribution < 1.29 is 14.2 Å². The molecule has 0 saturated heterocycles. The topological polar surface area (TPSA) is 53.7 Å². The molecule has 1 aromatic rings. The lowest BCUT2D eigenvalue weighted by atomic mass is 10.2. The monoisotopic (exact) mass is 273 g/mol. The van der Waals surface area contributed by atoms with Crippen molar-refractivity contribution in [1.82, 2.24) is 0 Å². The van der Waals surface area contributed by atoms with Gasteiger partial charge in [-0.05, 0) is 18.2 Å². The zero-order valence-electron chi connectivity index (χ0n) is 10.7. The van der Waals surface area contributed by atoms with E-state index in [9.17, 15) is 0 Å². The number of hydrogen-bond donors (Lipinski definition) is 1. The Morgan fingerprint density at radius 2 is 2.00 bits per heavy atom. The smallest absolute Gasteiger partial charge is 0.123 e. The molecular formula is C13H20ClNO3. The predicted molar refractivity (Wildman–Crippen MR) is 72.2 cm³/mol. The predicted octanol–water partition coefficient (Wildman–Crippen LogP) is 2.23. The van der Waals surface area contributed by atoms with Gasteiger partial charge in [0.05, 0.1) is 19.8 Å². The van der Waals surface area contributed by atoms with Gasteiger partial charge in [-0.1, -0.05) is 11.6 Å². The van der Waals surface area contributed by atoms with Gasteiger partial charge in [0.1, 0.15) is 5.75 Å². The Morgan fingerprint density at radius 1 is 1.17 bits per heavy atom. The molecule has 102 valence electrons. The van der Waals surface area contributed by atoms with Crippen molar-refractivity contribution in [1.29, 1.82) is 0 Å². The zero-order valence-corrected chi connectivity index (χ0v) is 11.4. The van der Waals surface area contributed by atoms with Crippen LogP contribution in [0.3, 0.4) is 0 Å². The first-order chi connectivity index (χ1) is 8.77. The van der Waals surface area contributed by atoms with Gasteiger partial charge in [-0.25, -0.2) is 0 Å². The first kappa shape index (κ1) is 15.2. The van der Waals surface area contributed by atoms with Crippen LogP contribution in [0.25, 0.3) is 0 Å². The molecule has 0 amide bonds. The van der Waals surface area contributed by atoms with Crippen LogP contribution in [0.4, 0.5) is 0 Å². The third-order valence-corrected chi connectivity index (χ3v) is 2.60. The van der Waals surface area contributed by atoms with Crippen molar-refractivity contribution >= 4 is 11.6 Å². The van der Waals surface area contributed by atoms with Crippen LogP contribution in [0.15, 0.2) is 18.2 Å². The maximum atomic E-state index is 5.88. The van der Waals surface area contributed by atoms with Crippen LogP contribution >= 0.6 is 11.6 Å². The lowest BCUT2D eigenvalue weighted by Gasteiger charge is -2.10. The minimum Gasteiger partial charge on any atom is -0.493 e. The molecule has 1 rings (SSSR count).